The third kappa shape index (κ3) is 2.74. The van der Waals surface area contributed by atoms with E-state index in [4.69, 9.17) is 0 Å². The number of halogens is 1. The van der Waals surface area contributed by atoms with E-state index in [-0.39, 0.29) is 19.0 Å². The molecule has 0 spiro atoms. The quantitative estimate of drug-likeness (QED) is 0.772. The SMILES string of the molecule is CN1CCCN(S(=O)(=O)c2ncccc2F)CC1=O. The molecule has 1 aliphatic rings. The first-order chi connectivity index (χ1) is 8.93. The molecule has 0 aliphatic carbocycles. The molecule has 0 radical (unpaired) electrons. The van der Waals surface area contributed by atoms with Gasteiger partial charge in [0.2, 0.25) is 10.9 Å². The normalized spacial score (nSPS) is 18.4. The number of pyridine rings is 1. The van der Waals surface area contributed by atoms with Gasteiger partial charge in [-0.05, 0) is 18.6 Å². The lowest BCUT2D eigenvalue weighted by molar-refractivity contribution is -0.129. The highest BCUT2D eigenvalue weighted by Crippen LogP contribution is 2.18. The number of hydrogen-bond donors (Lipinski definition) is 0. The van der Waals surface area contributed by atoms with Crippen LogP contribution >= 0.6 is 0 Å². The van der Waals surface area contributed by atoms with Crippen molar-refractivity contribution in [1.29, 1.82) is 0 Å². The molecule has 0 aromatic carbocycles. The third-order valence-corrected chi connectivity index (χ3v) is 4.73. The van der Waals surface area contributed by atoms with Gasteiger partial charge in [-0.2, -0.15) is 4.31 Å². The molecule has 1 aromatic heterocycles. The van der Waals surface area contributed by atoms with Gasteiger partial charge in [-0.3, -0.25) is 4.79 Å². The minimum atomic E-state index is -4.07. The summed E-state index contributed by atoms with van der Waals surface area (Å²) < 4.78 is 39.1. The lowest BCUT2D eigenvalue weighted by Gasteiger charge is -2.18. The maximum Gasteiger partial charge on any atom is 0.264 e. The molecule has 0 saturated carbocycles. The molecule has 1 fully saturated rings. The molecular formula is C11H14FN3O3S. The number of carbonyl (C=O) groups excluding carboxylic acids is 1. The number of sulfonamides is 1. The molecule has 1 aromatic rings. The van der Waals surface area contributed by atoms with Crippen molar-refractivity contribution >= 4 is 15.9 Å². The zero-order valence-corrected chi connectivity index (χ0v) is 11.2. The molecule has 1 amide bonds. The second-order valence-electron chi connectivity index (χ2n) is 4.30. The van der Waals surface area contributed by atoms with E-state index in [9.17, 15) is 17.6 Å². The third-order valence-electron chi connectivity index (χ3n) is 2.95. The fourth-order valence-electron chi connectivity index (χ4n) is 1.85. The van der Waals surface area contributed by atoms with Gasteiger partial charge in [-0.1, -0.05) is 0 Å². The van der Waals surface area contributed by atoms with Crippen molar-refractivity contribution in [1.82, 2.24) is 14.2 Å². The predicted molar refractivity (Wildman–Crippen MR) is 65.2 cm³/mol. The Morgan fingerprint density at radius 3 is 2.79 bits per heavy atom. The molecular weight excluding hydrogens is 273 g/mol. The van der Waals surface area contributed by atoms with Crippen LogP contribution in [0.15, 0.2) is 23.4 Å². The summed E-state index contributed by atoms with van der Waals surface area (Å²) in [4.78, 5) is 16.7. The Kier molecular flexibility index (Phi) is 3.81. The number of aromatic nitrogens is 1. The Hall–Kier alpha value is -1.54. The van der Waals surface area contributed by atoms with Crippen LogP contribution in [0.5, 0.6) is 0 Å². The molecule has 19 heavy (non-hydrogen) atoms. The number of nitrogens with zero attached hydrogens (tertiary/aromatic N) is 3. The lowest BCUT2D eigenvalue weighted by atomic mass is 10.4. The summed E-state index contributed by atoms with van der Waals surface area (Å²) in [5.41, 5.74) is 0. The maximum absolute atomic E-state index is 13.6. The van der Waals surface area contributed by atoms with Crippen LogP contribution in [-0.4, -0.2) is 55.2 Å². The molecule has 0 atom stereocenters. The summed E-state index contributed by atoms with van der Waals surface area (Å²) >= 11 is 0. The van der Waals surface area contributed by atoms with Gasteiger partial charge in [-0.15, -0.1) is 0 Å². The predicted octanol–water partition coefficient (Wildman–Crippen LogP) is 0.0735. The lowest BCUT2D eigenvalue weighted by Crippen LogP contribution is -2.38. The van der Waals surface area contributed by atoms with Crippen molar-refractivity contribution in [2.24, 2.45) is 0 Å². The van der Waals surface area contributed by atoms with Gasteiger partial charge >= 0.3 is 0 Å². The number of likely N-dealkylation sites (N-methyl/N-ethyl adjacent to an activating group) is 1. The Morgan fingerprint density at radius 2 is 2.11 bits per heavy atom. The van der Waals surface area contributed by atoms with Crippen molar-refractivity contribution in [3.8, 4) is 0 Å². The molecule has 8 heteroatoms. The first kappa shape index (κ1) is 13.9. The molecule has 2 heterocycles. The van der Waals surface area contributed by atoms with Crippen LogP contribution in [0, 0.1) is 5.82 Å². The standard InChI is InChI=1S/C11H14FN3O3S/c1-14-6-3-7-15(8-10(14)16)19(17,18)11-9(12)4-2-5-13-11/h2,4-5H,3,6-8H2,1H3. The van der Waals surface area contributed by atoms with Crippen LogP contribution in [0.4, 0.5) is 4.39 Å². The second kappa shape index (κ2) is 5.22. The van der Waals surface area contributed by atoms with Gasteiger partial charge in [0.05, 0.1) is 6.54 Å². The Bertz CT molecular complexity index is 591. The highest BCUT2D eigenvalue weighted by atomic mass is 32.2. The zero-order chi connectivity index (χ0) is 14.0. The van der Waals surface area contributed by atoms with Gasteiger partial charge in [0.15, 0.2) is 5.82 Å². The average molecular weight is 287 g/mol. The maximum atomic E-state index is 13.6. The van der Waals surface area contributed by atoms with Crippen LogP contribution in [0.25, 0.3) is 0 Å². The average Bonchev–Trinajstić information content (AvgIpc) is 2.53. The summed E-state index contributed by atoms with van der Waals surface area (Å²) in [5, 5.41) is -0.632. The van der Waals surface area contributed by atoms with Gasteiger partial charge < -0.3 is 4.90 Å². The summed E-state index contributed by atoms with van der Waals surface area (Å²) in [6.45, 7) is 0.374. The minimum Gasteiger partial charge on any atom is -0.345 e. The molecule has 0 N–H and O–H groups in total. The van der Waals surface area contributed by atoms with E-state index in [1.807, 2.05) is 0 Å². The number of carbonyl (C=O) groups is 1. The summed E-state index contributed by atoms with van der Waals surface area (Å²) in [5.74, 6) is -1.22. The highest BCUT2D eigenvalue weighted by Gasteiger charge is 2.32. The van der Waals surface area contributed by atoms with Crippen molar-refractivity contribution < 1.29 is 17.6 Å². The van der Waals surface area contributed by atoms with Crippen molar-refractivity contribution in [3.05, 3.63) is 24.1 Å². The van der Waals surface area contributed by atoms with Crippen LogP contribution in [0.1, 0.15) is 6.42 Å². The number of rotatable bonds is 2. The van der Waals surface area contributed by atoms with Crippen LogP contribution in [0.3, 0.4) is 0 Å². The monoisotopic (exact) mass is 287 g/mol. The highest BCUT2D eigenvalue weighted by molar-refractivity contribution is 7.89. The van der Waals surface area contributed by atoms with E-state index in [1.54, 1.807) is 7.05 Å². The van der Waals surface area contributed by atoms with Crippen LogP contribution < -0.4 is 0 Å². The minimum absolute atomic E-state index is 0.175. The van der Waals surface area contributed by atoms with Crippen molar-refractivity contribution in [2.45, 2.75) is 11.4 Å². The van der Waals surface area contributed by atoms with E-state index >= 15 is 0 Å². The summed E-state index contributed by atoms with van der Waals surface area (Å²) in [7, 11) is -2.46. The largest absolute Gasteiger partial charge is 0.345 e. The van der Waals surface area contributed by atoms with E-state index < -0.39 is 20.9 Å². The van der Waals surface area contributed by atoms with Gasteiger partial charge in [0, 0.05) is 26.3 Å². The number of amides is 1. The molecule has 1 saturated heterocycles. The molecule has 1 aliphatic heterocycles. The molecule has 0 bridgehead atoms. The number of hydrogen-bond acceptors (Lipinski definition) is 4. The zero-order valence-electron chi connectivity index (χ0n) is 10.4. The van der Waals surface area contributed by atoms with Gasteiger partial charge in [0.25, 0.3) is 10.0 Å². The van der Waals surface area contributed by atoms with E-state index in [2.05, 4.69) is 4.98 Å². The first-order valence-corrected chi connectivity index (χ1v) is 7.21. The molecule has 104 valence electrons. The smallest absolute Gasteiger partial charge is 0.264 e. The van der Waals surface area contributed by atoms with E-state index in [1.165, 1.54) is 17.2 Å². The molecule has 6 nitrogen and oxygen atoms in total. The second-order valence-corrected chi connectivity index (χ2v) is 6.15. The summed E-state index contributed by atoms with van der Waals surface area (Å²) in [6.07, 6.45) is 1.72. The Balaban J connectivity index is 2.35. The van der Waals surface area contributed by atoms with Crippen molar-refractivity contribution in [3.63, 3.8) is 0 Å². The topological polar surface area (TPSA) is 70.6 Å². The Labute approximate surface area is 110 Å². The molecule has 0 unspecified atom stereocenters. The van der Waals surface area contributed by atoms with Gasteiger partial charge in [0.1, 0.15) is 0 Å². The van der Waals surface area contributed by atoms with E-state index in [0.29, 0.717) is 13.0 Å². The first-order valence-electron chi connectivity index (χ1n) is 5.77. The van der Waals surface area contributed by atoms with Crippen LogP contribution in [0.2, 0.25) is 0 Å². The Morgan fingerprint density at radius 1 is 1.37 bits per heavy atom. The molecule has 2 rings (SSSR count). The van der Waals surface area contributed by atoms with Crippen molar-refractivity contribution in [2.75, 3.05) is 26.7 Å². The summed E-state index contributed by atoms with van der Waals surface area (Å²) in [6, 6.07) is 2.35. The van der Waals surface area contributed by atoms with Crippen LogP contribution in [-0.2, 0) is 14.8 Å². The van der Waals surface area contributed by atoms with E-state index in [0.717, 1.165) is 10.4 Å². The van der Waals surface area contributed by atoms with Gasteiger partial charge in [-0.25, -0.2) is 17.8 Å². The fourth-order valence-corrected chi connectivity index (χ4v) is 3.25. The fraction of sp³-hybridized carbons (Fsp3) is 0.455.